The molecule has 19 heavy (non-hydrogen) atoms. The van der Waals surface area contributed by atoms with Gasteiger partial charge in [-0.05, 0) is 12.8 Å². The molecule has 0 aliphatic carbocycles. The Balaban J connectivity index is 2.19. The first kappa shape index (κ1) is 14.0. The van der Waals surface area contributed by atoms with E-state index in [0.29, 0.717) is 19.4 Å². The Morgan fingerprint density at radius 1 is 1.53 bits per heavy atom. The Labute approximate surface area is 112 Å². The van der Waals surface area contributed by atoms with Crippen LogP contribution in [-0.2, 0) is 21.9 Å². The molecule has 1 aliphatic rings. The van der Waals surface area contributed by atoms with Crippen LogP contribution in [0.2, 0.25) is 0 Å². The summed E-state index contributed by atoms with van der Waals surface area (Å²) >= 11 is 0. The van der Waals surface area contributed by atoms with E-state index >= 15 is 0 Å². The first-order valence-corrected chi connectivity index (χ1v) is 7.59. The maximum absolute atomic E-state index is 12.4. The maximum atomic E-state index is 12.4. The Bertz CT molecular complexity index is 566. The fraction of sp³-hybridized carbons (Fsp3) is 0.636. The molecule has 1 fully saturated rings. The number of sulfonamides is 1. The fourth-order valence-corrected chi connectivity index (χ4v) is 3.72. The smallest absolute Gasteiger partial charge is 0.262 e. The third kappa shape index (κ3) is 2.79. The van der Waals surface area contributed by atoms with Crippen LogP contribution in [0.1, 0.15) is 12.8 Å². The average Bonchev–Trinajstić information content (AvgIpc) is 2.85. The monoisotopic (exact) mass is 286 g/mol. The van der Waals surface area contributed by atoms with E-state index in [2.05, 4.69) is 10.3 Å². The lowest BCUT2D eigenvalue weighted by atomic mass is 9.99. The lowest BCUT2D eigenvalue weighted by Crippen LogP contribution is -2.44. The fourth-order valence-electron chi connectivity index (χ4n) is 2.23. The predicted molar refractivity (Wildman–Crippen MR) is 68.8 cm³/mol. The van der Waals surface area contributed by atoms with Gasteiger partial charge in [-0.25, -0.2) is 13.4 Å². The summed E-state index contributed by atoms with van der Waals surface area (Å²) in [5.41, 5.74) is 0. The molecule has 1 N–H and O–H groups in total. The zero-order valence-electron chi connectivity index (χ0n) is 11.0. The topological polar surface area (TPSA) is 84.3 Å². The third-order valence-corrected chi connectivity index (χ3v) is 5.04. The zero-order valence-corrected chi connectivity index (χ0v) is 11.9. The van der Waals surface area contributed by atoms with E-state index in [0.717, 1.165) is 0 Å². The van der Waals surface area contributed by atoms with Crippen molar-refractivity contribution in [2.24, 2.45) is 13.0 Å². The Morgan fingerprint density at radius 3 is 2.84 bits per heavy atom. The van der Waals surface area contributed by atoms with Gasteiger partial charge in [0, 0.05) is 33.4 Å². The summed E-state index contributed by atoms with van der Waals surface area (Å²) in [5, 5.41) is 2.61. The van der Waals surface area contributed by atoms with E-state index in [1.807, 2.05) is 0 Å². The van der Waals surface area contributed by atoms with Crippen LogP contribution in [0.5, 0.6) is 0 Å². The lowest BCUT2D eigenvalue weighted by molar-refractivity contribution is -0.125. The van der Waals surface area contributed by atoms with Crippen molar-refractivity contribution in [3.63, 3.8) is 0 Å². The first-order valence-electron chi connectivity index (χ1n) is 6.15. The summed E-state index contributed by atoms with van der Waals surface area (Å²) in [5.74, 6) is -0.391. The van der Waals surface area contributed by atoms with Crippen molar-refractivity contribution in [1.29, 1.82) is 0 Å². The minimum atomic E-state index is -3.59. The van der Waals surface area contributed by atoms with E-state index in [-0.39, 0.29) is 23.4 Å². The molecule has 8 heteroatoms. The number of nitrogens with zero attached hydrogens (tertiary/aromatic N) is 3. The van der Waals surface area contributed by atoms with Crippen LogP contribution in [0, 0.1) is 5.92 Å². The largest absolute Gasteiger partial charge is 0.359 e. The lowest BCUT2D eigenvalue weighted by Gasteiger charge is -2.30. The third-order valence-electron chi connectivity index (χ3n) is 3.29. The van der Waals surface area contributed by atoms with Crippen LogP contribution < -0.4 is 5.32 Å². The molecule has 1 aromatic rings. The van der Waals surface area contributed by atoms with Gasteiger partial charge < -0.3 is 9.88 Å². The molecule has 1 unspecified atom stereocenters. The van der Waals surface area contributed by atoms with Crippen LogP contribution in [0.3, 0.4) is 0 Å². The van der Waals surface area contributed by atoms with Gasteiger partial charge in [0.05, 0.1) is 12.2 Å². The molecule has 0 aromatic carbocycles. The molecular weight excluding hydrogens is 268 g/mol. The van der Waals surface area contributed by atoms with Crippen LogP contribution in [0.4, 0.5) is 0 Å². The van der Waals surface area contributed by atoms with Crippen LogP contribution in [0.15, 0.2) is 17.6 Å². The molecule has 1 amide bonds. The van der Waals surface area contributed by atoms with Gasteiger partial charge in [0.15, 0.2) is 5.03 Å². The van der Waals surface area contributed by atoms with E-state index in [1.165, 1.54) is 16.8 Å². The van der Waals surface area contributed by atoms with Crippen molar-refractivity contribution >= 4 is 15.9 Å². The molecule has 1 atom stereocenters. The molecule has 1 aromatic heterocycles. The molecule has 106 valence electrons. The van der Waals surface area contributed by atoms with Crippen molar-refractivity contribution < 1.29 is 13.2 Å². The number of amides is 1. The standard InChI is InChI=1S/C11H18N4O3S/c1-12-11(16)9-4-3-5-15(6-9)19(17,18)10-7-14(2)8-13-10/h7-9H,3-6H2,1-2H3,(H,12,16). The molecule has 0 saturated carbocycles. The van der Waals surface area contributed by atoms with Crippen molar-refractivity contribution in [2.45, 2.75) is 17.9 Å². The van der Waals surface area contributed by atoms with Gasteiger partial charge in [-0.15, -0.1) is 0 Å². The molecule has 1 saturated heterocycles. The second-order valence-electron chi connectivity index (χ2n) is 4.69. The van der Waals surface area contributed by atoms with Gasteiger partial charge in [0.1, 0.15) is 0 Å². The molecule has 1 aliphatic heterocycles. The summed E-state index contributed by atoms with van der Waals surface area (Å²) < 4.78 is 27.7. The molecule has 0 radical (unpaired) electrons. The van der Waals surface area contributed by atoms with Gasteiger partial charge in [-0.2, -0.15) is 4.31 Å². The molecular formula is C11H18N4O3S. The first-order chi connectivity index (χ1) is 8.95. The van der Waals surface area contributed by atoms with Crippen LogP contribution >= 0.6 is 0 Å². The molecule has 0 bridgehead atoms. The number of hydrogen-bond acceptors (Lipinski definition) is 4. The van der Waals surface area contributed by atoms with Gasteiger partial charge in [0.2, 0.25) is 5.91 Å². The van der Waals surface area contributed by atoms with Gasteiger partial charge in [-0.1, -0.05) is 0 Å². The second kappa shape index (κ2) is 5.30. The number of aryl methyl sites for hydroxylation is 1. The highest BCUT2D eigenvalue weighted by atomic mass is 32.2. The molecule has 0 spiro atoms. The Morgan fingerprint density at radius 2 is 2.26 bits per heavy atom. The SMILES string of the molecule is CNC(=O)C1CCCN(S(=O)(=O)c2cn(C)cn2)C1. The summed E-state index contributed by atoms with van der Waals surface area (Å²) in [6, 6.07) is 0. The highest BCUT2D eigenvalue weighted by Crippen LogP contribution is 2.22. The van der Waals surface area contributed by atoms with Crippen molar-refractivity contribution in [2.75, 3.05) is 20.1 Å². The average molecular weight is 286 g/mol. The number of carbonyl (C=O) groups excluding carboxylic acids is 1. The van der Waals surface area contributed by atoms with Crippen molar-refractivity contribution in [3.8, 4) is 0 Å². The summed E-state index contributed by atoms with van der Waals surface area (Å²) in [4.78, 5) is 15.5. The number of carbonyl (C=O) groups is 1. The quantitative estimate of drug-likeness (QED) is 0.817. The van der Waals surface area contributed by atoms with Gasteiger partial charge >= 0.3 is 0 Å². The van der Waals surface area contributed by atoms with E-state index in [1.54, 1.807) is 18.7 Å². The minimum Gasteiger partial charge on any atom is -0.359 e. The number of piperidine rings is 1. The summed E-state index contributed by atoms with van der Waals surface area (Å²) in [6.07, 6.45) is 4.32. The summed E-state index contributed by atoms with van der Waals surface area (Å²) in [6.45, 7) is 0.658. The van der Waals surface area contributed by atoms with Crippen LogP contribution in [-0.4, -0.2) is 48.3 Å². The number of imidazole rings is 1. The second-order valence-corrected chi connectivity index (χ2v) is 6.58. The Hall–Kier alpha value is -1.41. The highest BCUT2D eigenvalue weighted by molar-refractivity contribution is 7.89. The van der Waals surface area contributed by atoms with Gasteiger partial charge in [0.25, 0.3) is 10.0 Å². The van der Waals surface area contributed by atoms with Crippen molar-refractivity contribution in [1.82, 2.24) is 19.2 Å². The number of hydrogen-bond donors (Lipinski definition) is 1. The number of rotatable bonds is 3. The van der Waals surface area contributed by atoms with E-state index in [9.17, 15) is 13.2 Å². The summed E-state index contributed by atoms with van der Waals surface area (Å²) in [7, 11) is -0.313. The van der Waals surface area contributed by atoms with E-state index < -0.39 is 10.0 Å². The number of nitrogens with one attached hydrogen (secondary N) is 1. The predicted octanol–water partition coefficient (Wildman–Crippen LogP) is -0.433. The van der Waals surface area contributed by atoms with Crippen molar-refractivity contribution in [3.05, 3.63) is 12.5 Å². The van der Waals surface area contributed by atoms with E-state index in [4.69, 9.17) is 0 Å². The van der Waals surface area contributed by atoms with Gasteiger partial charge in [-0.3, -0.25) is 4.79 Å². The zero-order chi connectivity index (χ0) is 14.0. The van der Waals surface area contributed by atoms with Crippen LogP contribution in [0.25, 0.3) is 0 Å². The molecule has 2 rings (SSSR count). The Kier molecular flexibility index (Phi) is 3.91. The normalized spacial score (nSPS) is 21.3. The minimum absolute atomic E-state index is 0.0348. The molecule has 2 heterocycles. The molecule has 7 nitrogen and oxygen atoms in total. The highest BCUT2D eigenvalue weighted by Gasteiger charge is 2.33. The maximum Gasteiger partial charge on any atom is 0.262 e. The number of aromatic nitrogens is 2.